The van der Waals surface area contributed by atoms with Crippen molar-refractivity contribution in [1.29, 1.82) is 0 Å². The molecule has 0 aliphatic carbocycles. The van der Waals surface area contributed by atoms with Crippen molar-refractivity contribution in [2.24, 2.45) is 5.73 Å². The summed E-state index contributed by atoms with van der Waals surface area (Å²) in [4.78, 5) is 5.29. The molecule has 1 unspecified atom stereocenters. The first-order valence-corrected chi connectivity index (χ1v) is 6.73. The summed E-state index contributed by atoms with van der Waals surface area (Å²) in [5.41, 5.74) is 10.4. The lowest BCUT2D eigenvalue weighted by atomic mass is 10.0. The highest BCUT2D eigenvalue weighted by atomic mass is 79.9. The van der Waals surface area contributed by atoms with Gasteiger partial charge >= 0.3 is 0 Å². The number of aromatic nitrogens is 1. The van der Waals surface area contributed by atoms with Gasteiger partial charge in [-0.1, -0.05) is 28.1 Å². The number of nitrogens with two attached hydrogens (primary N) is 1. The molecule has 2 aromatic rings. The number of nitrogens with zero attached hydrogens (tertiary/aromatic N) is 1. The largest absolute Gasteiger partial charge is 0.324 e. The molecule has 0 saturated carbocycles. The van der Waals surface area contributed by atoms with Crippen LogP contribution in [0.25, 0.3) is 0 Å². The highest BCUT2D eigenvalue weighted by Crippen LogP contribution is 2.23. The zero-order valence-electron chi connectivity index (χ0n) is 8.98. The van der Waals surface area contributed by atoms with E-state index in [2.05, 4.69) is 46.0 Å². The van der Waals surface area contributed by atoms with Crippen molar-refractivity contribution in [2.75, 3.05) is 0 Å². The lowest BCUT2D eigenvalue weighted by Crippen LogP contribution is -2.12. The third-order valence-electron chi connectivity index (χ3n) is 2.51. The second kappa shape index (κ2) is 5.08. The molecule has 0 radical (unpaired) electrons. The third-order valence-corrected chi connectivity index (χ3v) is 4.21. The van der Waals surface area contributed by atoms with Crippen molar-refractivity contribution in [1.82, 2.24) is 4.98 Å². The molecule has 0 bridgehead atoms. The molecule has 1 heterocycles. The Morgan fingerprint density at radius 3 is 2.94 bits per heavy atom. The normalized spacial score (nSPS) is 12.7. The number of benzene rings is 1. The second-order valence-corrected chi connectivity index (χ2v) is 5.61. The zero-order chi connectivity index (χ0) is 11.5. The molecule has 1 aromatic carbocycles. The van der Waals surface area contributed by atoms with Gasteiger partial charge in [-0.15, -0.1) is 11.3 Å². The molecule has 16 heavy (non-hydrogen) atoms. The van der Waals surface area contributed by atoms with Crippen LogP contribution in [0.4, 0.5) is 0 Å². The van der Waals surface area contributed by atoms with Gasteiger partial charge in [0, 0.05) is 28.0 Å². The number of hydrogen-bond acceptors (Lipinski definition) is 3. The minimum Gasteiger partial charge on any atom is -0.324 e. The fraction of sp³-hybridized carbons (Fsp3) is 0.250. The van der Waals surface area contributed by atoms with Crippen LogP contribution in [-0.4, -0.2) is 4.98 Å². The van der Waals surface area contributed by atoms with Gasteiger partial charge in [0.15, 0.2) is 0 Å². The SMILES string of the molecule is Cc1cc(C(N)Cc2cncs2)ccc1Br. The summed E-state index contributed by atoms with van der Waals surface area (Å²) in [5.74, 6) is 0. The number of thiazole rings is 1. The average molecular weight is 297 g/mol. The van der Waals surface area contributed by atoms with E-state index < -0.39 is 0 Å². The van der Waals surface area contributed by atoms with E-state index in [0.717, 1.165) is 10.9 Å². The lowest BCUT2D eigenvalue weighted by Gasteiger charge is -2.12. The molecule has 2 nitrogen and oxygen atoms in total. The van der Waals surface area contributed by atoms with Crippen LogP contribution in [0.2, 0.25) is 0 Å². The summed E-state index contributed by atoms with van der Waals surface area (Å²) < 4.78 is 1.13. The smallest absolute Gasteiger partial charge is 0.0794 e. The number of halogens is 1. The van der Waals surface area contributed by atoms with Gasteiger partial charge in [-0.3, -0.25) is 4.98 Å². The predicted octanol–water partition coefficient (Wildman–Crippen LogP) is 3.46. The van der Waals surface area contributed by atoms with E-state index in [1.54, 1.807) is 11.3 Å². The number of hydrogen-bond donors (Lipinski definition) is 1. The van der Waals surface area contributed by atoms with Crippen LogP contribution in [0.15, 0.2) is 34.4 Å². The van der Waals surface area contributed by atoms with E-state index in [4.69, 9.17) is 5.73 Å². The summed E-state index contributed by atoms with van der Waals surface area (Å²) in [6.45, 7) is 2.08. The summed E-state index contributed by atoms with van der Waals surface area (Å²) in [6.07, 6.45) is 2.74. The van der Waals surface area contributed by atoms with E-state index in [9.17, 15) is 0 Å². The van der Waals surface area contributed by atoms with Crippen LogP contribution in [-0.2, 0) is 6.42 Å². The topological polar surface area (TPSA) is 38.9 Å². The van der Waals surface area contributed by atoms with Gasteiger partial charge in [0.2, 0.25) is 0 Å². The molecule has 0 aliphatic rings. The minimum atomic E-state index is 0.0484. The van der Waals surface area contributed by atoms with E-state index in [-0.39, 0.29) is 6.04 Å². The van der Waals surface area contributed by atoms with Crippen molar-refractivity contribution >= 4 is 27.3 Å². The van der Waals surface area contributed by atoms with E-state index >= 15 is 0 Å². The molecule has 84 valence electrons. The average Bonchev–Trinajstić information content (AvgIpc) is 2.74. The standard InChI is InChI=1S/C12H13BrN2S/c1-8-4-9(2-3-11(8)13)12(14)5-10-6-15-7-16-10/h2-4,6-7,12H,5,14H2,1H3. The Bertz CT molecular complexity index is 468. The second-order valence-electron chi connectivity index (χ2n) is 3.79. The molecular formula is C12H13BrN2S. The molecule has 1 aromatic heterocycles. The van der Waals surface area contributed by atoms with Crippen LogP contribution < -0.4 is 5.73 Å². The fourth-order valence-corrected chi connectivity index (χ4v) is 2.48. The molecular weight excluding hydrogens is 284 g/mol. The summed E-state index contributed by atoms with van der Waals surface area (Å²) >= 11 is 5.14. The highest BCUT2D eigenvalue weighted by Gasteiger charge is 2.09. The maximum atomic E-state index is 6.17. The van der Waals surface area contributed by atoms with Crippen molar-refractivity contribution in [2.45, 2.75) is 19.4 Å². The Morgan fingerprint density at radius 2 is 2.31 bits per heavy atom. The molecule has 2 rings (SSSR count). The van der Waals surface area contributed by atoms with E-state index in [0.29, 0.717) is 0 Å². The van der Waals surface area contributed by atoms with Crippen molar-refractivity contribution < 1.29 is 0 Å². The summed E-state index contributed by atoms with van der Waals surface area (Å²) in [7, 11) is 0. The van der Waals surface area contributed by atoms with Crippen LogP contribution in [0.3, 0.4) is 0 Å². The van der Waals surface area contributed by atoms with Gasteiger partial charge in [-0.05, 0) is 24.1 Å². The molecule has 0 aliphatic heterocycles. The number of aryl methyl sites for hydroxylation is 1. The Labute approximate surface area is 108 Å². The van der Waals surface area contributed by atoms with Gasteiger partial charge in [0.05, 0.1) is 5.51 Å². The zero-order valence-corrected chi connectivity index (χ0v) is 11.4. The van der Waals surface area contributed by atoms with Crippen molar-refractivity contribution in [3.8, 4) is 0 Å². The first kappa shape index (κ1) is 11.8. The van der Waals surface area contributed by atoms with Crippen LogP contribution >= 0.6 is 27.3 Å². The van der Waals surface area contributed by atoms with Crippen LogP contribution in [0.5, 0.6) is 0 Å². The Morgan fingerprint density at radius 1 is 1.50 bits per heavy atom. The lowest BCUT2D eigenvalue weighted by molar-refractivity contribution is 0.728. The van der Waals surface area contributed by atoms with Crippen LogP contribution in [0.1, 0.15) is 22.0 Å². The van der Waals surface area contributed by atoms with E-state index in [1.807, 2.05) is 11.7 Å². The predicted molar refractivity (Wildman–Crippen MR) is 71.6 cm³/mol. The van der Waals surface area contributed by atoms with Gasteiger partial charge < -0.3 is 5.73 Å². The van der Waals surface area contributed by atoms with Gasteiger partial charge in [0.25, 0.3) is 0 Å². The fourth-order valence-electron chi connectivity index (χ4n) is 1.58. The Hall–Kier alpha value is -0.710. The van der Waals surface area contributed by atoms with Gasteiger partial charge in [-0.2, -0.15) is 0 Å². The molecule has 0 fully saturated rings. The quantitative estimate of drug-likeness (QED) is 0.942. The summed E-state index contributed by atoms with van der Waals surface area (Å²) in [6, 6.07) is 6.31. The van der Waals surface area contributed by atoms with Crippen molar-refractivity contribution in [3.63, 3.8) is 0 Å². The maximum Gasteiger partial charge on any atom is 0.0794 e. The van der Waals surface area contributed by atoms with E-state index in [1.165, 1.54) is 16.0 Å². The first-order valence-electron chi connectivity index (χ1n) is 5.06. The molecule has 4 heteroatoms. The molecule has 0 spiro atoms. The van der Waals surface area contributed by atoms with Gasteiger partial charge in [0.1, 0.15) is 0 Å². The Kier molecular flexibility index (Phi) is 3.74. The van der Waals surface area contributed by atoms with Gasteiger partial charge in [-0.25, -0.2) is 0 Å². The Balaban J connectivity index is 2.14. The van der Waals surface area contributed by atoms with Crippen molar-refractivity contribution in [3.05, 3.63) is 50.4 Å². The monoisotopic (exact) mass is 296 g/mol. The molecule has 0 saturated heterocycles. The molecule has 0 amide bonds. The number of rotatable bonds is 3. The highest BCUT2D eigenvalue weighted by molar-refractivity contribution is 9.10. The maximum absolute atomic E-state index is 6.17. The first-order chi connectivity index (χ1) is 7.66. The van der Waals surface area contributed by atoms with Crippen LogP contribution in [0, 0.1) is 6.92 Å². The molecule has 1 atom stereocenters. The summed E-state index contributed by atoms with van der Waals surface area (Å²) in [5, 5.41) is 0. The third kappa shape index (κ3) is 2.70. The molecule has 2 N–H and O–H groups in total. The minimum absolute atomic E-state index is 0.0484.